The quantitative estimate of drug-likeness (QED) is 0.549. The van der Waals surface area contributed by atoms with Gasteiger partial charge >= 0.3 is 0 Å². The van der Waals surface area contributed by atoms with E-state index < -0.39 is 0 Å². The molecule has 5 nitrogen and oxygen atoms in total. The molecule has 1 saturated heterocycles. The lowest BCUT2D eigenvalue weighted by Crippen LogP contribution is -2.39. The molecule has 0 saturated carbocycles. The van der Waals surface area contributed by atoms with Crippen molar-refractivity contribution in [2.75, 3.05) is 18.0 Å². The first-order valence-electron chi connectivity index (χ1n) is 10.0. The second-order valence-corrected chi connectivity index (χ2v) is 8.31. The molecule has 0 spiro atoms. The van der Waals surface area contributed by atoms with Crippen LogP contribution < -0.4 is 10.5 Å². The Hall–Kier alpha value is -3.15. The van der Waals surface area contributed by atoms with Gasteiger partial charge in [-0.05, 0) is 42.5 Å². The minimum atomic E-state index is -0.276. The molecule has 0 amide bonds. The average Bonchev–Trinajstić information content (AvgIpc) is 3.04. The van der Waals surface area contributed by atoms with Crippen LogP contribution in [0.15, 0.2) is 53.5 Å². The van der Waals surface area contributed by atoms with E-state index >= 15 is 4.39 Å². The summed E-state index contributed by atoms with van der Waals surface area (Å²) in [6, 6.07) is 12.7. The number of piperidine rings is 1. The second kappa shape index (κ2) is 6.72. The highest BCUT2D eigenvalue weighted by Crippen LogP contribution is 2.32. The van der Waals surface area contributed by atoms with Crippen molar-refractivity contribution in [3.05, 3.63) is 64.8 Å². The van der Waals surface area contributed by atoms with Crippen molar-refractivity contribution in [2.24, 2.45) is 11.8 Å². The fraction of sp³-hybridized carbons (Fsp3) is 0.304. The van der Waals surface area contributed by atoms with E-state index in [-0.39, 0.29) is 11.4 Å². The van der Waals surface area contributed by atoms with Crippen LogP contribution in [0.2, 0.25) is 0 Å². The number of fused-ring (bicyclic) bond motifs is 3. The fourth-order valence-corrected chi connectivity index (χ4v) is 4.63. The summed E-state index contributed by atoms with van der Waals surface area (Å²) in [5.41, 5.74) is 2.42. The summed E-state index contributed by atoms with van der Waals surface area (Å²) >= 11 is 0. The third-order valence-corrected chi connectivity index (χ3v) is 5.82. The molecular weight excluding hydrogens is 367 g/mol. The Kier molecular flexibility index (Phi) is 4.15. The average molecular weight is 390 g/mol. The standard InChI is InChI=1S/C23H23FN4O/c1-14-8-15(2)13-27(12-14)21-10-20-17(9-19(21)24)22-18(11-25-20)23(29)28(26-22)16-6-4-3-5-7-16/h3-7,9-11,14-15,26H,8,12-13H2,1-2H3. The Bertz CT molecular complexity index is 1250. The number of aromatic nitrogens is 3. The van der Waals surface area contributed by atoms with Gasteiger partial charge in [-0.3, -0.25) is 14.9 Å². The fourth-order valence-electron chi connectivity index (χ4n) is 4.63. The summed E-state index contributed by atoms with van der Waals surface area (Å²) in [5, 5.41) is 4.22. The van der Waals surface area contributed by atoms with Gasteiger partial charge in [0.1, 0.15) is 5.82 Å². The van der Waals surface area contributed by atoms with Crippen LogP contribution in [-0.2, 0) is 0 Å². The van der Waals surface area contributed by atoms with Crippen LogP contribution in [0.5, 0.6) is 0 Å². The van der Waals surface area contributed by atoms with E-state index in [0.717, 1.165) is 18.8 Å². The largest absolute Gasteiger partial charge is 0.369 e. The number of rotatable bonds is 2. The number of halogens is 1. The molecule has 3 heterocycles. The molecule has 1 N–H and O–H groups in total. The number of aromatic amines is 1. The van der Waals surface area contributed by atoms with Crippen LogP contribution >= 0.6 is 0 Å². The van der Waals surface area contributed by atoms with Crippen molar-refractivity contribution in [3.63, 3.8) is 0 Å². The van der Waals surface area contributed by atoms with E-state index in [4.69, 9.17) is 0 Å². The summed E-state index contributed by atoms with van der Waals surface area (Å²) in [6.07, 6.45) is 2.75. The topological polar surface area (TPSA) is 53.9 Å². The van der Waals surface area contributed by atoms with Crippen molar-refractivity contribution >= 4 is 27.5 Å². The number of hydrogen-bond acceptors (Lipinski definition) is 3. The first-order valence-corrected chi connectivity index (χ1v) is 10.0. The van der Waals surface area contributed by atoms with Crippen LogP contribution in [-0.4, -0.2) is 27.9 Å². The third-order valence-electron chi connectivity index (χ3n) is 5.82. The van der Waals surface area contributed by atoms with Crippen LogP contribution in [0.1, 0.15) is 20.3 Å². The zero-order chi connectivity index (χ0) is 20.1. The molecular formula is C23H23FN4O. The lowest BCUT2D eigenvalue weighted by molar-refractivity contribution is 0.354. The number of anilines is 1. The minimum absolute atomic E-state index is 0.191. The first kappa shape index (κ1) is 17.9. The molecule has 5 rings (SSSR count). The Morgan fingerprint density at radius 3 is 2.52 bits per heavy atom. The van der Waals surface area contributed by atoms with E-state index in [9.17, 15) is 4.79 Å². The Labute approximate surface area is 167 Å². The maximum Gasteiger partial charge on any atom is 0.280 e. The SMILES string of the molecule is CC1CC(C)CN(c2cc3ncc4c(=O)n(-c5ccccc5)[nH]c4c3cc2F)C1. The molecule has 2 aromatic heterocycles. The lowest BCUT2D eigenvalue weighted by atomic mass is 9.91. The molecule has 29 heavy (non-hydrogen) atoms. The Morgan fingerprint density at radius 2 is 1.79 bits per heavy atom. The van der Waals surface area contributed by atoms with Gasteiger partial charge in [-0.25, -0.2) is 9.07 Å². The molecule has 0 aliphatic carbocycles. The van der Waals surface area contributed by atoms with Crippen molar-refractivity contribution in [3.8, 4) is 5.69 Å². The summed E-state index contributed by atoms with van der Waals surface area (Å²) in [4.78, 5) is 19.4. The number of benzene rings is 2. The molecule has 0 radical (unpaired) electrons. The molecule has 2 atom stereocenters. The molecule has 2 unspecified atom stereocenters. The number of nitrogens with one attached hydrogen (secondary N) is 1. The molecule has 1 aliphatic rings. The van der Waals surface area contributed by atoms with E-state index in [1.54, 1.807) is 6.20 Å². The Balaban J connectivity index is 1.67. The van der Waals surface area contributed by atoms with Gasteiger partial charge in [0.05, 0.1) is 27.8 Å². The highest BCUT2D eigenvalue weighted by molar-refractivity contribution is 6.03. The van der Waals surface area contributed by atoms with Crippen LogP contribution in [0.25, 0.3) is 27.5 Å². The highest BCUT2D eigenvalue weighted by Gasteiger charge is 2.25. The van der Waals surface area contributed by atoms with Crippen molar-refractivity contribution < 1.29 is 4.39 Å². The van der Waals surface area contributed by atoms with Gasteiger partial charge in [-0.2, -0.15) is 0 Å². The van der Waals surface area contributed by atoms with Crippen LogP contribution in [0, 0.1) is 17.7 Å². The predicted molar refractivity (Wildman–Crippen MR) is 114 cm³/mol. The van der Waals surface area contributed by atoms with Gasteiger partial charge in [0.2, 0.25) is 0 Å². The van der Waals surface area contributed by atoms with Gasteiger partial charge in [-0.15, -0.1) is 0 Å². The van der Waals surface area contributed by atoms with E-state index in [2.05, 4.69) is 28.8 Å². The first-order chi connectivity index (χ1) is 14.0. The number of nitrogens with zero attached hydrogens (tertiary/aromatic N) is 3. The molecule has 6 heteroatoms. The van der Waals surface area contributed by atoms with Gasteiger partial charge in [0.15, 0.2) is 0 Å². The molecule has 4 aromatic rings. The molecule has 1 aliphatic heterocycles. The lowest BCUT2D eigenvalue weighted by Gasteiger charge is -2.36. The zero-order valence-electron chi connectivity index (χ0n) is 16.5. The Morgan fingerprint density at radius 1 is 1.07 bits per heavy atom. The maximum absolute atomic E-state index is 15.1. The van der Waals surface area contributed by atoms with Gasteiger partial charge in [-0.1, -0.05) is 32.0 Å². The normalized spacial score (nSPS) is 19.9. The second-order valence-electron chi connectivity index (χ2n) is 8.31. The van der Waals surface area contributed by atoms with Gasteiger partial charge in [0, 0.05) is 24.7 Å². The monoisotopic (exact) mass is 390 g/mol. The predicted octanol–water partition coefficient (Wildman–Crippen LogP) is 4.49. The van der Waals surface area contributed by atoms with Crippen LogP contribution in [0.3, 0.4) is 0 Å². The zero-order valence-corrected chi connectivity index (χ0v) is 16.5. The third kappa shape index (κ3) is 2.99. The van der Waals surface area contributed by atoms with E-state index in [1.165, 1.54) is 17.2 Å². The summed E-state index contributed by atoms with van der Waals surface area (Å²) in [7, 11) is 0. The van der Waals surface area contributed by atoms with Gasteiger partial charge in [0.25, 0.3) is 5.56 Å². The summed E-state index contributed by atoms with van der Waals surface area (Å²) < 4.78 is 16.6. The highest BCUT2D eigenvalue weighted by atomic mass is 19.1. The number of pyridine rings is 1. The van der Waals surface area contributed by atoms with Crippen molar-refractivity contribution in [2.45, 2.75) is 20.3 Å². The van der Waals surface area contributed by atoms with E-state index in [0.29, 0.717) is 39.3 Å². The smallest absolute Gasteiger partial charge is 0.280 e. The number of H-pyrrole nitrogens is 1. The molecule has 148 valence electrons. The molecule has 1 fully saturated rings. The van der Waals surface area contributed by atoms with Crippen LogP contribution in [0.4, 0.5) is 10.1 Å². The van der Waals surface area contributed by atoms with Crippen molar-refractivity contribution in [1.29, 1.82) is 0 Å². The van der Waals surface area contributed by atoms with Crippen molar-refractivity contribution in [1.82, 2.24) is 14.8 Å². The molecule has 0 bridgehead atoms. The maximum atomic E-state index is 15.1. The van der Waals surface area contributed by atoms with E-state index in [1.807, 2.05) is 36.4 Å². The van der Waals surface area contributed by atoms with Gasteiger partial charge < -0.3 is 4.90 Å². The summed E-state index contributed by atoms with van der Waals surface area (Å²) in [5.74, 6) is 0.780. The minimum Gasteiger partial charge on any atom is -0.369 e. The summed E-state index contributed by atoms with van der Waals surface area (Å²) in [6.45, 7) is 6.10. The number of hydrogen-bond donors (Lipinski definition) is 1. The number of para-hydroxylation sites is 1. The molecule has 2 aromatic carbocycles.